The number of aromatic nitrogens is 3. The van der Waals surface area contributed by atoms with Crippen LogP contribution in [0, 0.1) is 6.92 Å². The second kappa shape index (κ2) is 9.64. The van der Waals surface area contributed by atoms with E-state index < -0.39 is 18.1 Å². The number of carboxylic acid groups (broad SMARTS) is 1. The third-order valence-corrected chi connectivity index (χ3v) is 5.48. The summed E-state index contributed by atoms with van der Waals surface area (Å²) in [7, 11) is 5.76. The first kappa shape index (κ1) is 23.6. The van der Waals surface area contributed by atoms with E-state index in [1.807, 2.05) is 38.4 Å². The van der Waals surface area contributed by atoms with Gasteiger partial charge in [-0.2, -0.15) is 0 Å². The number of rotatable bonds is 9. The number of likely N-dealkylation sites (N-methyl/N-ethyl adjacent to an activating group) is 1. The third kappa shape index (κ3) is 5.07. The van der Waals surface area contributed by atoms with Gasteiger partial charge in [-0.25, -0.2) is 4.98 Å². The molecule has 172 valence electrons. The summed E-state index contributed by atoms with van der Waals surface area (Å²) in [6.07, 6.45) is 0.784. The van der Waals surface area contributed by atoms with Crippen LogP contribution >= 0.6 is 0 Å². The van der Waals surface area contributed by atoms with Crippen LogP contribution in [-0.2, 0) is 24.9 Å². The van der Waals surface area contributed by atoms with Crippen molar-refractivity contribution in [2.24, 2.45) is 7.05 Å². The quantitative estimate of drug-likeness (QED) is 0.457. The summed E-state index contributed by atoms with van der Waals surface area (Å²) < 4.78 is 3.71. The van der Waals surface area contributed by atoms with E-state index in [2.05, 4.69) is 14.8 Å². The van der Waals surface area contributed by atoms with Crippen molar-refractivity contribution in [2.45, 2.75) is 39.1 Å². The molecule has 3 N–H and O–H groups in total. The van der Waals surface area contributed by atoms with Crippen LogP contribution in [0.25, 0.3) is 22.4 Å². The molecular weight excluding hydrogens is 410 g/mol. The van der Waals surface area contributed by atoms with E-state index in [4.69, 9.17) is 4.98 Å². The molecular formula is C23H31N5O4. The first-order valence-corrected chi connectivity index (χ1v) is 10.5. The fraction of sp³-hybridized carbons (Fsp3) is 0.435. The minimum atomic E-state index is -1.10. The molecule has 0 bridgehead atoms. The Balaban J connectivity index is 2.02. The van der Waals surface area contributed by atoms with Gasteiger partial charge in [0.15, 0.2) is 0 Å². The van der Waals surface area contributed by atoms with E-state index in [1.165, 1.54) is 6.92 Å². The first-order valence-electron chi connectivity index (χ1n) is 10.5. The number of aliphatic hydroxyl groups is 1. The predicted molar refractivity (Wildman–Crippen MR) is 124 cm³/mol. The Morgan fingerprint density at radius 3 is 2.59 bits per heavy atom. The van der Waals surface area contributed by atoms with Crippen molar-refractivity contribution < 1.29 is 15.0 Å². The Kier molecular flexibility index (Phi) is 7.12. The monoisotopic (exact) mass is 441 g/mol. The van der Waals surface area contributed by atoms with Crippen LogP contribution in [0.2, 0.25) is 0 Å². The number of hydrogen-bond acceptors (Lipinski definition) is 6. The number of aliphatic carboxylic acids is 1. The molecule has 3 rings (SSSR count). The van der Waals surface area contributed by atoms with Gasteiger partial charge in [-0.15, -0.1) is 0 Å². The number of aliphatic hydroxyl groups excluding tert-OH is 1. The molecule has 2 atom stereocenters. The molecule has 2 aromatic heterocycles. The number of pyridine rings is 1. The van der Waals surface area contributed by atoms with Gasteiger partial charge in [0.25, 0.3) is 5.56 Å². The van der Waals surface area contributed by atoms with Crippen molar-refractivity contribution in [1.29, 1.82) is 0 Å². The summed E-state index contributed by atoms with van der Waals surface area (Å²) in [5.41, 5.74) is 4.09. The lowest BCUT2D eigenvalue weighted by Gasteiger charge is -2.17. The minimum Gasteiger partial charge on any atom is -0.480 e. The molecule has 1 aromatic carbocycles. The molecule has 3 aromatic rings. The Bertz CT molecular complexity index is 1150. The lowest BCUT2D eigenvalue weighted by atomic mass is 10.1. The van der Waals surface area contributed by atoms with E-state index in [1.54, 1.807) is 24.7 Å². The zero-order chi connectivity index (χ0) is 23.6. The van der Waals surface area contributed by atoms with E-state index in [0.29, 0.717) is 5.56 Å². The zero-order valence-corrected chi connectivity index (χ0v) is 19.2. The Morgan fingerprint density at radius 1 is 1.28 bits per heavy atom. The summed E-state index contributed by atoms with van der Waals surface area (Å²) >= 11 is 0. The highest BCUT2D eigenvalue weighted by Gasteiger charge is 2.22. The molecule has 0 amide bonds. The number of carboxylic acids is 1. The molecule has 0 spiro atoms. The summed E-state index contributed by atoms with van der Waals surface area (Å²) in [6, 6.07) is 6.64. The lowest BCUT2D eigenvalue weighted by molar-refractivity contribution is -0.142. The summed E-state index contributed by atoms with van der Waals surface area (Å²) in [5.74, 6) is -0.320. The number of hydrogen-bond donors (Lipinski definition) is 3. The molecule has 9 heteroatoms. The predicted octanol–water partition coefficient (Wildman–Crippen LogP) is 1.20. The largest absolute Gasteiger partial charge is 0.480 e. The van der Waals surface area contributed by atoms with Crippen LogP contribution in [0.5, 0.6) is 0 Å². The van der Waals surface area contributed by atoms with Gasteiger partial charge in [0.05, 0.1) is 17.1 Å². The van der Waals surface area contributed by atoms with Gasteiger partial charge in [-0.05, 0) is 51.7 Å². The molecule has 0 aliphatic rings. The minimum absolute atomic E-state index is 0.0378. The SMILES string of the molecule is Cc1cc(-c2nc3cc(CN[C@H](C(=O)O)[C@@H](C)O)ccc3n2CCN(C)C)cn(C)c1=O. The van der Waals surface area contributed by atoms with Crippen molar-refractivity contribution in [3.05, 3.63) is 51.9 Å². The number of imidazole rings is 1. The highest BCUT2D eigenvalue weighted by molar-refractivity contribution is 5.81. The second-order valence-corrected chi connectivity index (χ2v) is 8.48. The molecule has 0 saturated carbocycles. The number of nitrogens with one attached hydrogen (secondary N) is 1. The average Bonchev–Trinajstić information content (AvgIpc) is 3.07. The summed E-state index contributed by atoms with van der Waals surface area (Å²) in [5, 5.41) is 21.8. The highest BCUT2D eigenvalue weighted by atomic mass is 16.4. The Hall–Kier alpha value is -3.01. The average molecular weight is 442 g/mol. The molecule has 9 nitrogen and oxygen atoms in total. The molecule has 2 heterocycles. The molecule has 0 aliphatic heterocycles. The molecule has 0 fully saturated rings. The molecule has 0 saturated heterocycles. The molecule has 0 unspecified atom stereocenters. The van der Waals surface area contributed by atoms with Crippen molar-refractivity contribution in [3.63, 3.8) is 0 Å². The zero-order valence-electron chi connectivity index (χ0n) is 19.2. The van der Waals surface area contributed by atoms with Gasteiger partial charge in [0.1, 0.15) is 11.9 Å². The van der Waals surface area contributed by atoms with E-state index in [0.717, 1.165) is 41.1 Å². The van der Waals surface area contributed by atoms with Gasteiger partial charge >= 0.3 is 5.97 Å². The standard InChI is InChI=1S/C23H31N5O4/c1-14-10-17(13-27(5)22(14)30)21-25-18-11-16(12-24-20(15(2)29)23(31)32)6-7-19(18)28(21)9-8-26(3)4/h6-7,10-11,13,15,20,24,29H,8-9,12H2,1-5H3,(H,31,32)/t15-,20+/m1/s1. The van der Waals surface area contributed by atoms with Crippen molar-refractivity contribution >= 4 is 17.0 Å². The molecule has 0 radical (unpaired) electrons. The van der Waals surface area contributed by atoms with Crippen LogP contribution in [0.4, 0.5) is 0 Å². The first-order chi connectivity index (χ1) is 15.1. The Morgan fingerprint density at radius 2 is 2.00 bits per heavy atom. The topological polar surface area (TPSA) is 113 Å². The van der Waals surface area contributed by atoms with Gasteiger partial charge in [-0.1, -0.05) is 6.07 Å². The molecule has 0 aliphatic carbocycles. The van der Waals surface area contributed by atoms with Crippen LogP contribution in [0.15, 0.2) is 35.3 Å². The van der Waals surface area contributed by atoms with Crippen molar-refractivity contribution in [3.8, 4) is 11.4 Å². The van der Waals surface area contributed by atoms with Gasteiger partial charge < -0.3 is 24.2 Å². The fourth-order valence-corrected chi connectivity index (χ4v) is 3.72. The fourth-order valence-electron chi connectivity index (χ4n) is 3.72. The van der Waals surface area contributed by atoms with Gasteiger partial charge in [-0.3, -0.25) is 14.9 Å². The Labute approximate surface area is 186 Å². The van der Waals surface area contributed by atoms with Crippen LogP contribution in [-0.4, -0.2) is 68.0 Å². The summed E-state index contributed by atoms with van der Waals surface area (Å²) in [6.45, 7) is 5.07. The lowest BCUT2D eigenvalue weighted by Crippen LogP contribution is -2.44. The summed E-state index contributed by atoms with van der Waals surface area (Å²) in [4.78, 5) is 30.4. The number of benzene rings is 1. The van der Waals surface area contributed by atoms with Crippen LogP contribution < -0.4 is 10.9 Å². The maximum Gasteiger partial charge on any atom is 0.323 e. The number of nitrogens with zero attached hydrogens (tertiary/aromatic N) is 4. The maximum atomic E-state index is 12.2. The van der Waals surface area contributed by atoms with Crippen molar-refractivity contribution in [1.82, 2.24) is 24.3 Å². The van der Waals surface area contributed by atoms with Gasteiger partial charge in [0, 0.05) is 44.0 Å². The smallest absolute Gasteiger partial charge is 0.323 e. The van der Waals surface area contributed by atoms with Crippen molar-refractivity contribution in [2.75, 3.05) is 20.6 Å². The number of fused-ring (bicyclic) bond motifs is 1. The van der Waals surface area contributed by atoms with Crippen LogP contribution in [0.3, 0.4) is 0 Å². The normalized spacial score (nSPS) is 13.6. The van der Waals surface area contributed by atoms with Gasteiger partial charge in [0.2, 0.25) is 0 Å². The van der Waals surface area contributed by atoms with E-state index in [9.17, 15) is 19.8 Å². The second-order valence-electron chi connectivity index (χ2n) is 8.48. The number of carbonyl (C=O) groups is 1. The maximum absolute atomic E-state index is 12.2. The molecule has 32 heavy (non-hydrogen) atoms. The highest BCUT2D eigenvalue weighted by Crippen LogP contribution is 2.26. The van der Waals surface area contributed by atoms with E-state index in [-0.39, 0.29) is 12.1 Å². The van der Waals surface area contributed by atoms with E-state index >= 15 is 0 Å². The van der Waals surface area contributed by atoms with Crippen LogP contribution in [0.1, 0.15) is 18.1 Å². The third-order valence-electron chi connectivity index (χ3n) is 5.48. The number of aryl methyl sites for hydroxylation is 2.